The van der Waals surface area contributed by atoms with Crippen molar-refractivity contribution >= 4 is 22.7 Å². The Morgan fingerprint density at radius 2 is 1.78 bits per heavy atom. The summed E-state index contributed by atoms with van der Waals surface area (Å²) in [4.78, 5) is 14.3. The molecule has 0 spiro atoms. The van der Waals surface area contributed by atoms with E-state index in [0.717, 1.165) is 36.7 Å². The average molecular weight is 453 g/mol. The molecular weight excluding hydrogens is 433 g/mol. The molecule has 3 atom stereocenters. The zero-order chi connectivity index (χ0) is 22.5. The molecule has 4 heterocycles. The van der Waals surface area contributed by atoms with Crippen molar-refractivity contribution in [2.45, 2.75) is 38.0 Å². The number of aromatic nitrogens is 5. The van der Waals surface area contributed by atoms with E-state index in [4.69, 9.17) is 0 Å². The first kappa shape index (κ1) is 20.8. The first-order valence-corrected chi connectivity index (χ1v) is 10.3. The molecule has 0 radical (unpaired) electrons. The Bertz CT molecular complexity index is 1080. The SMILES string of the molecule is FC(F)Cn1ncc2ncc(N[C@H]3CC4CN(c5ccc(C(F)(F)F)nc5)C[C@@H]4C3)nc21. The first-order valence-electron chi connectivity index (χ1n) is 10.3. The van der Waals surface area contributed by atoms with E-state index < -0.39 is 24.8 Å². The lowest BCUT2D eigenvalue weighted by atomic mass is 10.0. The van der Waals surface area contributed by atoms with Gasteiger partial charge in [0.2, 0.25) is 0 Å². The molecule has 32 heavy (non-hydrogen) atoms. The number of hydrogen-bond donors (Lipinski definition) is 1. The lowest BCUT2D eigenvalue weighted by molar-refractivity contribution is -0.141. The molecule has 1 saturated carbocycles. The van der Waals surface area contributed by atoms with Crippen molar-refractivity contribution in [3.05, 3.63) is 36.4 Å². The normalized spacial score (nSPS) is 23.3. The molecule has 1 unspecified atom stereocenters. The summed E-state index contributed by atoms with van der Waals surface area (Å²) in [5.41, 5.74) is 0.577. The summed E-state index contributed by atoms with van der Waals surface area (Å²) in [6, 6.07) is 2.65. The summed E-state index contributed by atoms with van der Waals surface area (Å²) in [5.74, 6) is 1.31. The van der Waals surface area contributed by atoms with Gasteiger partial charge in [0, 0.05) is 19.1 Å². The van der Waals surface area contributed by atoms with Crippen LogP contribution in [-0.4, -0.2) is 50.3 Å². The number of nitrogens with one attached hydrogen (secondary N) is 1. The topological polar surface area (TPSA) is 71.8 Å². The third-order valence-corrected chi connectivity index (χ3v) is 6.16. The second-order valence-electron chi connectivity index (χ2n) is 8.32. The van der Waals surface area contributed by atoms with Gasteiger partial charge in [0.1, 0.15) is 23.6 Å². The number of alkyl halides is 5. The molecule has 0 bridgehead atoms. The third-order valence-electron chi connectivity index (χ3n) is 6.16. The number of fused-ring (bicyclic) bond motifs is 2. The molecule has 2 aliphatic rings. The van der Waals surface area contributed by atoms with E-state index >= 15 is 0 Å². The number of pyridine rings is 1. The van der Waals surface area contributed by atoms with Crippen LogP contribution in [0.2, 0.25) is 0 Å². The summed E-state index contributed by atoms with van der Waals surface area (Å²) < 4.78 is 64.8. The van der Waals surface area contributed by atoms with Crippen molar-refractivity contribution in [1.82, 2.24) is 24.7 Å². The van der Waals surface area contributed by atoms with Crippen molar-refractivity contribution in [2.24, 2.45) is 11.8 Å². The van der Waals surface area contributed by atoms with Crippen molar-refractivity contribution in [3.63, 3.8) is 0 Å². The smallest absolute Gasteiger partial charge is 0.370 e. The van der Waals surface area contributed by atoms with E-state index in [-0.39, 0.29) is 6.04 Å². The van der Waals surface area contributed by atoms with Gasteiger partial charge in [-0.25, -0.2) is 28.4 Å². The highest BCUT2D eigenvalue weighted by molar-refractivity contribution is 5.71. The van der Waals surface area contributed by atoms with Gasteiger partial charge in [-0.1, -0.05) is 0 Å². The summed E-state index contributed by atoms with van der Waals surface area (Å²) in [6.45, 7) is 0.966. The standard InChI is InChI=1S/C20H20F5N7/c21-17(22)10-32-19-15(6-28-32)26-7-18(30-19)29-13-3-11-8-31(9-12(11)4-13)14-1-2-16(27-5-14)20(23,24)25/h1-2,5-7,11-13,17H,3-4,8-10H2,(H,29,30)/t11-,12?,13+/m0/s1. The highest BCUT2D eigenvalue weighted by Gasteiger charge is 2.41. The average Bonchev–Trinajstić information content (AvgIpc) is 3.41. The minimum atomic E-state index is -4.44. The van der Waals surface area contributed by atoms with Crippen LogP contribution in [0.4, 0.5) is 33.5 Å². The molecule has 12 heteroatoms. The van der Waals surface area contributed by atoms with Gasteiger partial charge in [0.15, 0.2) is 5.65 Å². The van der Waals surface area contributed by atoms with Gasteiger partial charge in [-0.05, 0) is 36.8 Å². The van der Waals surface area contributed by atoms with Crippen LogP contribution >= 0.6 is 0 Å². The molecule has 3 aromatic rings. The molecule has 5 rings (SSSR count). The van der Waals surface area contributed by atoms with E-state index in [2.05, 4.69) is 30.3 Å². The predicted molar refractivity (Wildman–Crippen MR) is 106 cm³/mol. The maximum absolute atomic E-state index is 12.7. The van der Waals surface area contributed by atoms with E-state index in [9.17, 15) is 22.0 Å². The fourth-order valence-electron chi connectivity index (χ4n) is 4.76. The molecule has 7 nitrogen and oxygen atoms in total. The van der Waals surface area contributed by atoms with Crippen LogP contribution in [0.1, 0.15) is 18.5 Å². The summed E-state index contributed by atoms with van der Waals surface area (Å²) >= 11 is 0. The zero-order valence-electron chi connectivity index (χ0n) is 16.8. The molecule has 2 fully saturated rings. The Hall–Kier alpha value is -3.05. The molecule has 1 saturated heterocycles. The minimum absolute atomic E-state index is 0.163. The lowest BCUT2D eigenvalue weighted by Gasteiger charge is -2.22. The van der Waals surface area contributed by atoms with Gasteiger partial charge in [-0.15, -0.1) is 0 Å². The van der Waals surface area contributed by atoms with Gasteiger partial charge < -0.3 is 10.2 Å². The summed E-state index contributed by atoms with van der Waals surface area (Å²) in [5, 5.41) is 7.27. The largest absolute Gasteiger partial charge is 0.433 e. The van der Waals surface area contributed by atoms with Crippen LogP contribution in [0.25, 0.3) is 11.2 Å². The monoisotopic (exact) mass is 453 g/mol. The molecule has 1 aliphatic heterocycles. The Morgan fingerprint density at radius 3 is 2.41 bits per heavy atom. The van der Waals surface area contributed by atoms with Crippen molar-refractivity contribution in [2.75, 3.05) is 23.3 Å². The van der Waals surface area contributed by atoms with Gasteiger partial charge in [0.25, 0.3) is 6.43 Å². The molecule has 0 aromatic carbocycles. The fraction of sp³-hybridized carbons (Fsp3) is 0.500. The van der Waals surface area contributed by atoms with Crippen molar-refractivity contribution in [3.8, 4) is 0 Å². The number of nitrogens with zero attached hydrogens (tertiary/aromatic N) is 6. The van der Waals surface area contributed by atoms with Crippen LogP contribution in [-0.2, 0) is 12.7 Å². The number of hydrogen-bond acceptors (Lipinski definition) is 6. The second kappa shape index (κ2) is 7.82. The van der Waals surface area contributed by atoms with Crippen molar-refractivity contribution in [1.29, 1.82) is 0 Å². The fourth-order valence-corrected chi connectivity index (χ4v) is 4.76. The Kier molecular flexibility index (Phi) is 5.09. The highest BCUT2D eigenvalue weighted by atomic mass is 19.4. The molecule has 170 valence electrons. The summed E-state index contributed by atoms with van der Waals surface area (Å²) in [6.07, 6.45) is -0.941. The minimum Gasteiger partial charge on any atom is -0.370 e. The lowest BCUT2D eigenvalue weighted by Crippen LogP contribution is -2.25. The van der Waals surface area contributed by atoms with E-state index in [1.54, 1.807) is 6.20 Å². The summed E-state index contributed by atoms with van der Waals surface area (Å²) in [7, 11) is 0. The third kappa shape index (κ3) is 4.05. The quantitative estimate of drug-likeness (QED) is 0.592. The first-order chi connectivity index (χ1) is 15.3. The second-order valence-corrected chi connectivity index (χ2v) is 8.32. The van der Waals surface area contributed by atoms with Gasteiger partial charge in [-0.3, -0.25) is 0 Å². The predicted octanol–water partition coefficient (Wildman–Crippen LogP) is 3.83. The van der Waals surface area contributed by atoms with E-state index in [1.165, 1.54) is 18.5 Å². The Labute approximate surface area is 179 Å². The maximum Gasteiger partial charge on any atom is 0.433 e. The van der Waals surface area contributed by atoms with E-state index in [1.807, 2.05) is 0 Å². The van der Waals surface area contributed by atoms with Crippen LogP contribution in [0.15, 0.2) is 30.7 Å². The van der Waals surface area contributed by atoms with Crippen LogP contribution in [0, 0.1) is 11.8 Å². The molecule has 0 amide bonds. The molecule has 1 N–H and O–H groups in total. The number of anilines is 2. The van der Waals surface area contributed by atoms with E-state index in [0.29, 0.717) is 34.5 Å². The number of rotatable bonds is 5. The highest BCUT2D eigenvalue weighted by Crippen LogP contribution is 2.41. The Morgan fingerprint density at radius 1 is 1.03 bits per heavy atom. The molecule has 1 aliphatic carbocycles. The van der Waals surface area contributed by atoms with Gasteiger partial charge in [0.05, 0.1) is 24.3 Å². The Balaban J connectivity index is 1.21. The maximum atomic E-state index is 12.7. The van der Waals surface area contributed by atoms with Crippen LogP contribution < -0.4 is 10.2 Å². The van der Waals surface area contributed by atoms with Crippen LogP contribution in [0.3, 0.4) is 0 Å². The van der Waals surface area contributed by atoms with Gasteiger partial charge >= 0.3 is 6.18 Å². The van der Waals surface area contributed by atoms with Crippen LogP contribution in [0.5, 0.6) is 0 Å². The number of halogens is 5. The molecular formula is C20H20F5N7. The van der Waals surface area contributed by atoms with Gasteiger partial charge in [-0.2, -0.15) is 18.3 Å². The van der Waals surface area contributed by atoms with Crippen molar-refractivity contribution < 1.29 is 22.0 Å². The molecule has 3 aromatic heterocycles. The zero-order valence-corrected chi connectivity index (χ0v) is 16.8.